The van der Waals surface area contributed by atoms with Crippen molar-refractivity contribution in [1.29, 1.82) is 0 Å². The van der Waals surface area contributed by atoms with E-state index in [0.717, 1.165) is 12.0 Å². The maximum atomic E-state index is 12.1. The number of nitrogens with two attached hydrogens (primary N) is 1. The summed E-state index contributed by atoms with van der Waals surface area (Å²) in [6.07, 6.45) is 0.972. The van der Waals surface area contributed by atoms with Crippen molar-refractivity contribution in [2.24, 2.45) is 11.7 Å². The molecule has 1 aromatic rings. The van der Waals surface area contributed by atoms with Crippen LogP contribution in [0.25, 0.3) is 0 Å². The number of alkyl halides is 2. The largest absolute Gasteiger partial charge is 0.435 e. The van der Waals surface area contributed by atoms with E-state index in [1.54, 1.807) is 12.1 Å². The number of halogens is 2. The van der Waals surface area contributed by atoms with Crippen LogP contribution in [0.15, 0.2) is 24.3 Å². The Hall–Kier alpha value is -1.16. The Bertz CT molecular complexity index is 343. The Morgan fingerprint density at radius 2 is 2.13 bits per heavy atom. The lowest BCUT2D eigenvalue weighted by molar-refractivity contribution is -0.0504. The molecule has 2 rings (SSSR count). The van der Waals surface area contributed by atoms with E-state index in [9.17, 15) is 8.78 Å². The first-order valence-corrected chi connectivity index (χ1v) is 4.96. The van der Waals surface area contributed by atoms with E-state index in [1.165, 1.54) is 0 Å². The van der Waals surface area contributed by atoms with Gasteiger partial charge in [0.25, 0.3) is 0 Å². The summed E-state index contributed by atoms with van der Waals surface area (Å²) in [5.74, 6) is 1.01. The van der Waals surface area contributed by atoms with Gasteiger partial charge in [-0.1, -0.05) is 18.2 Å². The normalized spacial score (nSPS) is 24.3. The van der Waals surface area contributed by atoms with Crippen molar-refractivity contribution in [3.63, 3.8) is 0 Å². The van der Waals surface area contributed by atoms with Crippen molar-refractivity contribution >= 4 is 0 Å². The van der Waals surface area contributed by atoms with Crippen molar-refractivity contribution in [3.8, 4) is 5.75 Å². The van der Waals surface area contributed by atoms with Gasteiger partial charge in [0.05, 0.1) is 0 Å². The van der Waals surface area contributed by atoms with Crippen LogP contribution >= 0.6 is 0 Å². The first kappa shape index (κ1) is 10.4. The molecular formula is C11H13F2NO. The summed E-state index contributed by atoms with van der Waals surface area (Å²) in [6.45, 7) is -2.16. The first-order chi connectivity index (χ1) is 7.22. The summed E-state index contributed by atoms with van der Waals surface area (Å²) in [6, 6.07) is 6.94. The van der Waals surface area contributed by atoms with Crippen LogP contribution in [0.4, 0.5) is 8.78 Å². The zero-order valence-corrected chi connectivity index (χ0v) is 8.20. The van der Waals surface area contributed by atoms with E-state index in [0.29, 0.717) is 18.4 Å². The molecular weight excluding hydrogens is 200 g/mol. The van der Waals surface area contributed by atoms with Gasteiger partial charge in [-0.15, -0.1) is 0 Å². The lowest BCUT2D eigenvalue weighted by atomic mass is 10.1. The van der Waals surface area contributed by atoms with E-state index in [2.05, 4.69) is 4.74 Å². The van der Waals surface area contributed by atoms with Crippen molar-refractivity contribution in [2.45, 2.75) is 19.0 Å². The van der Waals surface area contributed by atoms with Gasteiger partial charge in [-0.3, -0.25) is 0 Å². The second-order valence-electron chi connectivity index (χ2n) is 3.75. The molecule has 1 aliphatic rings. The lowest BCUT2D eigenvalue weighted by Gasteiger charge is -2.09. The van der Waals surface area contributed by atoms with Gasteiger partial charge in [0.15, 0.2) is 0 Å². The van der Waals surface area contributed by atoms with Crippen LogP contribution in [0.5, 0.6) is 5.75 Å². The van der Waals surface area contributed by atoms with Crippen LogP contribution in [-0.4, -0.2) is 13.2 Å². The minimum absolute atomic E-state index is 0.286. The van der Waals surface area contributed by atoms with Crippen LogP contribution in [0.2, 0.25) is 0 Å². The third-order valence-electron chi connectivity index (χ3n) is 2.76. The highest BCUT2D eigenvalue weighted by Gasteiger charge is 2.38. The molecule has 0 saturated heterocycles. The Balaban J connectivity index is 2.16. The number of para-hydroxylation sites is 1. The fourth-order valence-electron chi connectivity index (χ4n) is 1.88. The van der Waals surface area contributed by atoms with Crippen LogP contribution in [0.3, 0.4) is 0 Å². The third kappa shape index (κ3) is 2.26. The predicted molar refractivity (Wildman–Crippen MR) is 53.0 cm³/mol. The molecule has 4 heteroatoms. The molecule has 1 fully saturated rings. The summed E-state index contributed by atoms with van der Waals surface area (Å²) in [4.78, 5) is 0. The summed E-state index contributed by atoms with van der Waals surface area (Å²) in [5, 5.41) is 0. The van der Waals surface area contributed by atoms with E-state index in [1.807, 2.05) is 12.1 Å². The van der Waals surface area contributed by atoms with Gasteiger partial charge in [-0.05, 0) is 36.4 Å². The molecule has 1 saturated carbocycles. The molecule has 0 aliphatic heterocycles. The molecule has 1 aliphatic carbocycles. The molecule has 1 aromatic carbocycles. The Morgan fingerprint density at radius 3 is 2.73 bits per heavy atom. The lowest BCUT2D eigenvalue weighted by Crippen LogP contribution is -2.06. The minimum atomic E-state index is -2.76. The van der Waals surface area contributed by atoms with Gasteiger partial charge in [0, 0.05) is 0 Å². The maximum Gasteiger partial charge on any atom is 0.387 e. The summed E-state index contributed by atoms with van der Waals surface area (Å²) in [5.41, 5.74) is 6.38. The number of hydrogen-bond donors (Lipinski definition) is 1. The molecule has 0 spiro atoms. The van der Waals surface area contributed by atoms with E-state index >= 15 is 0 Å². The second kappa shape index (κ2) is 4.14. The average molecular weight is 213 g/mol. The van der Waals surface area contributed by atoms with Crippen LogP contribution in [-0.2, 0) is 0 Å². The molecule has 2 atom stereocenters. The highest BCUT2D eigenvalue weighted by atomic mass is 19.3. The van der Waals surface area contributed by atoms with Crippen LogP contribution in [0, 0.1) is 5.92 Å². The van der Waals surface area contributed by atoms with Gasteiger partial charge in [0.1, 0.15) is 5.75 Å². The van der Waals surface area contributed by atoms with E-state index in [4.69, 9.17) is 5.73 Å². The quantitative estimate of drug-likeness (QED) is 0.833. The molecule has 2 N–H and O–H groups in total. The molecule has 0 aromatic heterocycles. The topological polar surface area (TPSA) is 35.2 Å². The van der Waals surface area contributed by atoms with Gasteiger partial charge in [-0.25, -0.2) is 0 Å². The number of rotatable bonds is 4. The highest BCUT2D eigenvalue weighted by molar-refractivity contribution is 5.39. The van der Waals surface area contributed by atoms with E-state index < -0.39 is 6.61 Å². The number of ether oxygens (including phenoxy) is 1. The monoisotopic (exact) mass is 213 g/mol. The molecule has 0 radical (unpaired) electrons. The fourth-order valence-corrected chi connectivity index (χ4v) is 1.88. The highest BCUT2D eigenvalue weighted by Crippen LogP contribution is 2.49. The zero-order valence-electron chi connectivity index (χ0n) is 8.20. The standard InChI is InChI=1S/C11H13F2NO/c12-11(13)15-10-4-2-1-3-8(10)9-5-7(9)6-14/h1-4,7,9,11H,5-6,14H2. The van der Waals surface area contributed by atoms with Crippen molar-refractivity contribution < 1.29 is 13.5 Å². The number of hydrogen-bond acceptors (Lipinski definition) is 2. The Kier molecular flexibility index (Phi) is 2.86. The number of benzene rings is 1. The molecule has 2 nitrogen and oxygen atoms in total. The summed E-state index contributed by atoms with van der Waals surface area (Å²) >= 11 is 0. The molecule has 0 bridgehead atoms. The van der Waals surface area contributed by atoms with Crippen molar-refractivity contribution in [3.05, 3.63) is 29.8 Å². The average Bonchev–Trinajstić information content (AvgIpc) is 2.97. The van der Waals surface area contributed by atoms with Gasteiger partial charge >= 0.3 is 6.61 Å². The van der Waals surface area contributed by atoms with E-state index in [-0.39, 0.29) is 5.75 Å². The minimum Gasteiger partial charge on any atom is -0.435 e. The van der Waals surface area contributed by atoms with Crippen LogP contribution in [0.1, 0.15) is 17.9 Å². The zero-order chi connectivity index (χ0) is 10.8. The summed E-state index contributed by atoms with van der Waals surface area (Å²) in [7, 11) is 0. The second-order valence-corrected chi connectivity index (χ2v) is 3.75. The summed E-state index contributed by atoms with van der Waals surface area (Å²) < 4.78 is 28.7. The maximum absolute atomic E-state index is 12.1. The first-order valence-electron chi connectivity index (χ1n) is 4.96. The Labute approximate surface area is 87.0 Å². The van der Waals surface area contributed by atoms with Crippen molar-refractivity contribution in [2.75, 3.05) is 6.54 Å². The molecule has 82 valence electrons. The fraction of sp³-hybridized carbons (Fsp3) is 0.455. The van der Waals surface area contributed by atoms with Gasteiger partial charge in [0.2, 0.25) is 0 Å². The SMILES string of the molecule is NCC1CC1c1ccccc1OC(F)F. The van der Waals surface area contributed by atoms with Crippen molar-refractivity contribution in [1.82, 2.24) is 0 Å². The molecule has 15 heavy (non-hydrogen) atoms. The Morgan fingerprint density at radius 1 is 1.40 bits per heavy atom. The third-order valence-corrected chi connectivity index (χ3v) is 2.76. The predicted octanol–water partition coefficient (Wildman–Crippen LogP) is 2.35. The van der Waals surface area contributed by atoms with Gasteiger partial charge < -0.3 is 10.5 Å². The smallest absolute Gasteiger partial charge is 0.387 e. The van der Waals surface area contributed by atoms with Gasteiger partial charge in [-0.2, -0.15) is 8.78 Å². The molecule has 2 unspecified atom stereocenters. The molecule has 0 heterocycles. The van der Waals surface area contributed by atoms with Crippen LogP contribution < -0.4 is 10.5 Å². The molecule has 0 amide bonds.